The van der Waals surface area contributed by atoms with Crippen molar-refractivity contribution in [2.45, 2.75) is 33.1 Å². The van der Waals surface area contributed by atoms with Crippen LogP contribution < -0.4 is 5.32 Å². The van der Waals surface area contributed by atoms with E-state index >= 15 is 0 Å². The van der Waals surface area contributed by atoms with Crippen molar-refractivity contribution >= 4 is 38.2 Å². The Morgan fingerprint density at radius 3 is 2.48 bits per heavy atom. The second kappa shape index (κ2) is 8.29. The lowest BCUT2D eigenvalue weighted by atomic mass is 9.97. The van der Waals surface area contributed by atoms with E-state index in [1.54, 1.807) is 13.0 Å². The predicted molar refractivity (Wildman–Crippen MR) is 97.4 cm³/mol. The highest BCUT2D eigenvalue weighted by molar-refractivity contribution is 7.88. The molecule has 1 N–H and O–H groups in total. The number of carbonyl (C=O) groups excluding carboxylic acids is 2. The molecule has 1 aliphatic heterocycles. The van der Waals surface area contributed by atoms with Crippen LogP contribution in [-0.4, -0.2) is 50.6 Å². The molecule has 1 amide bonds. The van der Waals surface area contributed by atoms with Gasteiger partial charge in [0.2, 0.25) is 15.9 Å². The Morgan fingerprint density at radius 2 is 1.96 bits per heavy atom. The molecule has 0 saturated carbocycles. The Balaban J connectivity index is 2.06. The van der Waals surface area contributed by atoms with Gasteiger partial charge < -0.3 is 10.1 Å². The molecule has 0 bridgehead atoms. The van der Waals surface area contributed by atoms with Gasteiger partial charge in [-0.05, 0) is 32.3 Å². The lowest BCUT2D eigenvalue weighted by Gasteiger charge is -2.29. The zero-order valence-electron chi connectivity index (χ0n) is 14.7. The number of nitrogens with one attached hydrogen (secondary N) is 1. The molecule has 1 aromatic heterocycles. The van der Waals surface area contributed by atoms with Crippen LogP contribution in [0.5, 0.6) is 0 Å². The van der Waals surface area contributed by atoms with Crippen LogP contribution in [0.25, 0.3) is 0 Å². The number of hydrogen-bond donors (Lipinski definition) is 1. The van der Waals surface area contributed by atoms with Crippen LogP contribution in [0.2, 0.25) is 0 Å². The first-order valence-electron chi connectivity index (χ1n) is 8.32. The van der Waals surface area contributed by atoms with Crippen LogP contribution in [0.3, 0.4) is 0 Å². The fourth-order valence-corrected chi connectivity index (χ4v) is 4.59. The van der Waals surface area contributed by atoms with E-state index in [0.29, 0.717) is 36.5 Å². The molecule has 0 aromatic carbocycles. The fourth-order valence-electron chi connectivity index (χ4n) is 2.73. The Morgan fingerprint density at radius 1 is 1.32 bits per heavy atom. The standard InChI is InChI=1S/C16H24N2O5S2/c1-4-12-10-13(16(20)23-5-2)15(24-12)17-14(19)11-6-8-18(9-7-11)25(3,21)22/h10-11H,4-9H2,1-3H3,(H,17,19). The van der Waals surface area contributed by atoms with Gasteiger partial charge in [-0.1, -0.05) is 6.92 Å². The monoisotopic (exact) mass is 388 g/mol. The molecule has 0 spiro atoms. The zero-order chi connectivity index (χ0) is 18.6. The minimum absolute atomic E-state index is 0.178. The third-order valence-electron chi connectivity index (χ3n) is 4.16. The first-order valence-corrected chi connectivity index (χ1v) is 11.0. The molecule has 9 heteroatoms. The summed E-state index contributed by atoms with van der Waals surface area (Å²) in [5.74, 6) is -0.885. The third-order valence-corrected chi connectivity index (χ3v) is 6.66. The SMILES string of the molecule is CCOC(=O)c1cc(CC)sc1NC(=O)C1CCN(S(C)(=O)=O)CC1. The smallest absolute Gasteiger partial charge is 0.341 e. The van der Waals surface area contributed by atoms with E-state index < -0.39 is 16.0 Å². The summed E-state index contributed by atoms with van der Waals surface area (Å²) >= 11 is 1.37. The van der Waals surface area contributed by atoms with Crippen LogP contribution in [0.1, 0.15) is 41.9 Å². The summed E-state index contributed by atoms with van der Waals surface area (Å²) in [6.07, 6.45) is 2.88. The van der Waals surface area contributed by atoms with Crippen molar-refractivity contribution in [1.29, 1.82) is 0 Å². The molecule has 7 nitrogen and oxygen atoms in total. The number of aryl methyl sites for hydroxylation is 1. The van der Waals surface area contributed by atoms with Gasteiger partial charge in [0.25, 0.3) is 0 Å². The first-order chi connectivity index (χ1) is 11.8. The van der Waals surface area contributed by atoms with E-state index in [2.05, 4.69) is 5.32 Å². The first kappa shape index (κ1) is 19.9. The molecule has 0 unspecified atom stereocenters. The topological polar surface area (TPSA) is 92.8 Å². The molecule has 25 heavy (non-hydrogen) atoms. The van der Waals surface area contributed by atoms with Gasteiger partial charge in [-0.15, -0.1) is 11.3 Å². The van der Waals surface area contributed by atoms with Gasteiger partial charge in [0.15, 0.2) is 0 Å². The molecule has 1 saturated heterocycles. The fraction of sp³-hybridized carbons (Fsp3) is 0.625. The van der Waals surface area contributed by atoms with E-state index in [4.69, 9.17) is 4.74 Å². The molecular weight excluding hydrogens is 364 g/mol. The molecule has 0 aliphatic carbocycles. The summed E-state index contributed by atoms with van der Waals surface area (Å²) < 4.78 is 29.5. The van der Waals surface area contributed by atoms with Crippen LogP contribution in [0.4, 0.5) is 5.00 Å². The van der Waals surface area contributed by atoms with Gasteiger partial charge in [-0.2, -0.15) is 0 Å². The van der Waals surface area contributed by atoms with Crippen molar-refractivity contribution in [1.82, 2.24) is 4.31 Å². The van der Waals surface area contributed by atoms with Gasteiger partial charge in [0.05, 0.1) is 18.4 Å². The highest BCUT2D eigenvalue weighted by Crippen LogP contribution is 2.31. The van der Waals surface area contributed by atoms with E-state index in [9.17, 15) is 18.0 Å². The summed E-state index contributed by atoms with van der Waals surface area (Å²) in [5.41, 5.74) is 0.380. The molecular formula is C16H24N2O5S2. The highest BCUT2D eigenvalue weighted by Gasteiger charge is 2.30. The number of sulfonamides is 1. The van der Waals surface area contributed by atoms with Crippen molar-refractivity contribution in [3.05, 3.63) is 16.5 Å². The van der Waals surface area contributed by atoms with Gasteiger partial charge in [0, 0.05) is 23.9 Å². The molecule has 1 fully saturated rings. The van der Waals surface area contributed by atoms with Crippen molar-refractivity contribution in [2.24, 2.45) is 5.92 Å². The second-order valence-electron chi connectivity index (χ2n) is 5.96. The number of esters is 1. The van der Waals surface area contributed by atoms with E-state index in [0.717, 1.165) is 11.3 Å². The molecule has 1 aliphatic rings. The molecule has 140 valence electrons. The number of amides is 1. The van der Waals surface area contributed by atoms with Crippen LogP contribution in [0.15, 0.2) is 6.07 Å². The predicted octanol–water partition coefficient (Wildman–Crippen LogP) is 2.10. The average molecular weight is 389 g/mol. The van der Waals surface area contributed by atoms with Gasteiger partial charge in [0.1, 0.15) is 5.00 Å². The number of carbonyl (C=O) groups is 2. The quantitative estimate of drug-likeness (QED) is 0.754. The van der Waals surface area contributed by atoms with E-state index in [-0.39, 0.29) is 18.4 Å². The largest absolute Gasteiger partial charge is 0.462 e. The van der Waals surface area contributed by atoms with Gasteiger partial charge >= 0.3 is 5.97 Å². The molecule has 1 aromatic rings. The number of anilines is 1. The van der Waals surface area contributed by atoms with Gasteiger partial charge in [-0.25, -0.2) is 17.5 Å². The number of piperidine rings is 1. The Bertz CT molecular complexity index is 734. The maximum absolute atomic E-state index is 12.5. The van der Waals surface area contributed by atoms with Crippen molar-refractivity contribution in [3.63, 3.8) is 0 Å². The Labute approximate surface area is 152 Å². The highest BCUT2D eigenvalue weighted by atomic mass is 32.2. The number of hydrogen-bond acceptors (Lipinski definition) is 6. The Hall–Kier alpha value is -1.45. The number of thiophene rings is 1. The van der Waals surface area contributed by atoms with Gasteiger partial charge in [-0.3, -0.25) is 4.79 Å². The number of ether oxygens (including phenoxy) is 1. The molecule has 2 heterocycles. The Kier molecular flexibility index (Phi) is 6.59. The number of rotatable bonds is 6. The maximum atomic E-state index is 12.5. The normalized spacial score (nSPS) is 16.6. The summed E-state index contributed by atoms with van der Waals surface area (Å²) in [6.45, 7) is 4.66. The van der Waals surface area contributed by atoms with E-state index in [1.165, 1.54) is 21.9 Å². The van der Waals surface area contributed by atoms with Crippen LogP contribution >= 0.6 is 11.3 Å². The van der Waals surface area contributed by atoms with Crippen molar-refractivity contribution < 1.29 is 22.7 Å². The van der Waals surface area contributed by atoms with Crippen molar-refractivity contribution in [3.8, 4) is 0 Å². The van der Waals surface area contributed by atoms with E-state index in [1.807, 2.05) is 6.92 Å². The molecule has 0 atom stereocenters. The van der Waals surface area contributed by atoms with Crippen LogP contribution in [-0.2, 0) is 26.0 Å². The average Bonchev–Trinajstić information content (AvgIpc) is 2.97. The summed E-state index contributed by atoms with van der Waals surface area (Å²) in [4.78, 5) is 25.6. The summed E-state index contributed by atoms with van der Waals surface area (Å²) in [5, 5.41) is 3.34. The zero-order valence-corrected chi connectivity index (χ0v) is 16.3. The summed E-state index contributed by atoms with van der Waals surface area (Å²) in [7, 11) is -3.22. The molecule has 2 rings (SSSR count). The minimum Gasteiger partial charge on any atom is -0.462 e. The molecule has 0 radical (unpaired) electrons. The number of nitrogens with zero attached hydrogens (tertiary/aromatic N) is 1. The minimum atomic E-state index is -3.22. The lowest BCUT2D eigenvalue weighted by Crippen LogP contribution is -2.40. The maximum Gasteiger partial charge on any atom is 0.341 e. The summed E-state index contributed by atoms with van der Waals surface area (Å²) in [6, 6.07) is 1.75. The van der Waals surface area contributed by atoms with Crippen molar-refractivity contribution in [2.75, 3.05) is 31.3 Å². The third kappa shape index (κ3) is 5.02. The lowest BCUT2D eigenvalue weighted by molar-refractivity contribution is -0.120. The van der Waals surface area contributed by atoms with Crippen LogP contribution in [0, 0.1) is 5.92 Å². The second-order valence-corrected chi connectivity index (χ2v) is 9.07.